The number of amides is 1. The topological polar surface area (TPSA) is 23.6 Å². The number of hydrogen-bond donors (Lipinski definition) is 0. The van der Waals surface area contributed by atoms with E-state index in [1.165, 1.54) is 30.4 Å². The standard InChI is InChI=1S/C23H32N2O/c1-17-3-5-20(6-4-17)22-12-18-11-19(13-22)15-23(14-18,16-22)21(26)25-9-7-24(2)8-10-25/h3-6,18-19H,7-16H2,1-2H3/t18-,19+,22?,23?. The van der Waals surface area contributed by atoms with Gasteiger partial charge in [0.2, 0.25) is 5.91 Å². The van der Waals surface area contributed by atoms with Gasteiger partial charge in [0, 0.05) is 26.2 Å². The van der Waals surface area contributed by atoms with E-state index in [9.17, 15) is 4.79 Å². The number of benzene rings is 1. The minimum atomic E-state index is -0.0646. The van der Waals surface area contributed by atoms with Crippen LogP contribution in [0, 0.1) is 24.2 Å². The second-order valence-electron chi connectivity index (χ2n) is 9.98. The van der Waals surface area contributed by atoms with Crippen molar-refractivity contribution in [1.82, 2.24) is 9.80 Å². The Kier molecular flexibility index (Phi) is 3.76. The summed E-state index contributed by atoms with van der Waals surface area (Å²) in [5, 5.41) is 0. The van der Waals surface area contributed by atoms with Gasteiger partial charge in [0.25, 0.3) is 0 Å². The maximum Gasteiger partial charge on any atom is 0.228 e. The molecule has 3 nitrogen and oxygen atoms in total. The molecular formula is C23H32N2O. The molecular weight excluding hydrogens is 320 g/mol. The van der Waals surface area contributed by atoms with Crippen LogP contribution in [0.4, 0.5) is 0 Å². The molecule has 4 saturated carbocycles. The molecule has 6 rings (SSSR count). The highest BCUT2D eigenvalue weighted by molar-refractivity contribution is 5.84. The third kappa shape index (κ3) is 2.54. The highest BCUT2D eigenvalue weighted by Gasteiger charge is 2.61. The van der Waals surface area contributed by atoms with E-state index in [1.807, 2.05) is 0 Å². The van der Waals surface area contributed by atoms with Crippen LogP contribution in [0.15, 0.2) is 24.3 Å². The summed E-state index contributed by atoms with van der Waals surface area (Å²) in [6, 6.07) is 9.25. The average Bonchev–Trinajstić information content (AvgIpc) is 2.61. The predicted molar refractivity (Wildman–Crippen MR) is 104 cm³/mol. The van der Waals surface area contributed by atoms with Crippen molar-refractivity contribution in [2.75, 3.05) is 33.2 Å². The molecule has 1 aliphatic heterocycles. The largest absolute Gasteiger partial charge is 0.340 e. The molecule has 26 heavy (non-hydrogen) atoms. The first kappa shape index (κ1) is 16.8. The Bertz CT molecular complexity index is 687. The third-order valence-corrected chi connectivity index (χ3v) is 7.97. The summed E-state index contributed by atoms with van der Waals surface area (Å²) in [6.07, 6.45) is 7.39. The van der Waals surface area contributed by atoms with E-state index in [2.05, 4.69) is 48.0 Å². The van der Waals surface area contributed by atoms with E-state index in [4.69, 9.17) is 0 Å². The van der Waals surface area contributed by atoms with E-state index < -0.39 is 0 Å². The zero-order chi connectivity index (χ0) is 17.9. The molecule has 5 aliphatic rings. The quantitative estimate of drug-likeness (QED) is 0.812. The Hall–Kier alpha value is -1.35. The molecule has 1 aromatic carbocycles. The first-order valence-electron chi connectivity index (χ1n) is 10.5. The number of rotatable bonds is 2. The van der Waals surface area contributed by atoms with Gasteiger partial charge in [-0.1, -0.05) is 29.8 Å². The lowest BCUT2D eigenvalue weighted by Crippen LogP contribution is -2.61. The van der Waals surface area contributed by atoms with Crippen molar-refractivity contribution in [3.63, 3.8) is 0 Å². The Labute approximate surface area is 157 Å². The summed E-state index contributed by atoms with van der Waals surface area (Å²) in [5.74, 6) is 2.01. The minimum absolute atomic E-state index is 0.0646. The molecule has 1 aromatic rings. The zero-order valence-corrected chi connectivity index (χ0v) is 16.3. The lowest BCUT2D eigenvalue weighted by atomic mass is 9.42. The lowest BCUT2D eigenvalue weighted by Gasteiger charge is -2.62. The second kappa shape index (κ2) is 5.82. The molecule has 4 bridgehead atoms. The summed E-state index contributed by atoms with van der Waals surface area (Å²) in [5.41, 5.74) is 3.04. The van der Waals surface area contributed by atoms with Crippen molar-refractivity contribution in [2.24, 2.45) is 17.3 Å². The predicted octanol–water partition coefficient (Wildman–Crippen LogP) is 3.61. The van der Waals surface area contributed by atoms with Crippen LogP contribution in [0.5, 0.6) is 0 Å². The molecule has 0 N–H and O–H groups in total. The molecule has 0 spiro atoms. The van der Waals surface area contributed by atoms with E-state index in [0.717, 1.165) is 57.3 Å². The summed E-state index contributed by atoms with van der Waals surface area (Å²) in [7, 11) is 2.17. The first-order chi connectivity index (χ1) is 12.5. The smallest absolute Gasteiger partial charge is 0.228 e. The van der Waals surface area contributed by atoms with Gasteiger partial charge in [0.05, 0.1) is 5.41 Å². The van der Waals surface area contributed by atoms with Gasteiger partial charge >= 0.3 is 0 Å². The molecule has 0 radical (unpaired) electrons. The average molecular weight is 353 g/mol. The SMILES string of the molecule is Cc1ccc(C23C[C@@H]4C[C@@H](CC(C(=O)N5CCN(C)CC5)(C4)C2)C3)cc1. The molecule has 4 atom stereocenters. The molecule has 3 heteroatoms. The van der Waals surface area contributed by atoms with Gasteiger partial charge < -0.3 is 9.80 Å². The van der Waals surface area contributed by atoms with Crippen molar-refractivity contribution < 1.29 is 4.79 Å². The fraction of sp³-hybridized carbons (Fsp3) is 0.696. The van der Waals surface area contributed by atoms with Gasteiger partial charge in [0.15, 0.2) is 0 Å². The van der Waals surface area contributed by atoms with Gasteiger partial charge in [-0.25, -0.2) is 0 Å². The number of piperazine rings is 1. The van der Waals surface area contributed by atoms with Crippen LogP contribution in [0.3, 0.4) is 0 Å². The van der Waals surface area contributed by atoms with Crippen LogP contribution in [0.1, 0.15) is 49.7 Å². The Morgan fingerprint density at radius 2 is 1.58 bits per heavy atom. The summed E-state index contributed by atoms with van der Waals surface area (Å²) >= 11 is 0. The number of nitrogens with zero attached hydrogens (tertiary/aromatic N) is 2. The lowest BCUT2D eigenvalue weighted by molar-refractivity contribution is -0.161. The van der Waals surface area contributed by atoms with Gasteiger partial charge in [0.1, 0.15) is 0 Å². The second-order valence-corrected chi connectivity index (χ2v) is 9.98. The fourth-order valence-corrected chi connectivity index (χ4v) is 7.10. The molecule has 0 aromatic heterocycles. The van der Waals surface area contributed by atoms with Gasteiger partial charge in [-0.3, -0.25) is 4.79 Å². The van der Waals surface area contributed by atoms with Crippen molar-refractivity contribution >= 4 is 5.91 Å². The molecule has 140 valence electrons. The Morgan fingerprint density at radius 3 is 2.19 bits per heavy atom. The summed E-state index contributed by atoms with van der Waals surface area (Å²) < 4.78 is 0. The highest BCUT2D eigenvalue weighted by Crippen LogP contribution is 2.66. The van der Waals surface area contributed by atoms with Crippen molar-refractivity contribution in [3.05, 3.63) is 35.4 Å². The molecule has 1 amide bonds. The molecule has 1 heterocycles. The number of aryl methyl sites for hydroxylation is 1. The highest BCUT2D eigenvalue weighted by atomic mass is 16.2. The third-order valence-electron chi connectivity index (χ3n) is 7.97. The van der Waals surface area contributed by atoms with Crippen molar-refractivity contribution in [2.45, 2.75) is 50.9 Å². The number of carbonyl (C=O) groups is 1. The maximum absolute atomic E-state index is 13.7. The van der Waals surface area contributed by atoms with Gasteiger partial charge in [-0.05, 0) is 75.3 Å². The van der Waals surface area contributed by atoms with Crippen molar-refractivity contribution in [1.29, 1.82) is 0 Å². The van der Waals surface area contributed by atoms with E-state index >= 15 is 0 Å². The van der Waals surface area contributed by atoms with E-state index in [-0.39, 0.29) is 10.8 Å². The minimum Gasteiger partial charge on any atom is -0.340 e. The summed E-state index contributed by atoms with van der Waals surface area (Å²) in [6.45, 7) is 6.06. The number of hydrogen-bond acceptors (Lipinski definition) is 2. The number of carbonyl (C=O) groups excluding carboxylic acids is 1. The van der Waals surface area contributed by atoms with Crippen LogP contribution >= 0.6 is 0 Å². The first-order valence-corrected chi connectivity index (χ1v) is 10.5. The van der Waals surface area contributed by atoms with Crippen LogP contribution in [-0.4, -0.2) is 48.9 Å². The van der Waals surface area contributed by atoms with Crippen LogP contribution in [0.25, 0.3) is 0 Å². The van der Waals surface area contributed by atoms with Gasteiger partial charge in [-0.2, -0.15) is 0 Å². The molecule has 4 aliphatic carbocycles. The number of likely N-dealkylation sites (N-methyl/N-ethyl adjacent to an activating group) is 1. The van der Waals surface area contributed by atoms with Crippen LogP contribution in [-0.2, 0) is 10.2 Å². The van der Waals surface area contributed by atoms with Crippen LogP contribution in [0.2, 0.25) is 0 Å². The summed E-state index contributed by atoms with van der Waals surface area (Å²) in [4.78, 5) is 18.2. The van der Waals surface area contributed by atoms with Crippen molar-refractivity contribution in [3.8, 4) is 0 Å². The molecule has 5 fully saturated rings. The van der Waals surface area contributed by atoms with Gasteiger partial charge in [-0.15, -0.1) is 0 Å². The normalized spacial score (nSPS) is 39.4. The molecule has 1 saturated heterocycles. The van der Waals surface area contributed by atoms with Crippen LogP contribution < -0.4 is 0 Å². The monoisotopic (exact) mass is 352 g/mol. The fourth-order valence-electron chi connectivity index (χ4n) is 7.10. The Balaban J connectivity index is 1.47. The van der Waals surface area contributed by atoms with E-state index in [1.54, 1.807) is 0 Å². The Morgan fingerprint density at radius 1 is 0.962 bits per heavy atom. The molecule has 2 unspecified atom stereocenters. The zero-order valence-electron chi connectivity index (χ0n) is 16.3. The van der Waals surface area contributed by atoms with E-state index in [0.29, 0.717) is 5.91 Å². The maximum atomic E-state index is 13.7.